The van der Waals surface area contributed by atoms with Gasteiger partial charge >= 0.3 is 0 Å². The van der Waals surface area contributed by atoms with Crippen LogP contribution < -0.4 is 0 Å². The van der Waals surface area contributed by atoms with Crippen LogP contribution in [0.4, 0.5) is 8.78 Å². The molecule has 0 bridgehead atoms. The van der Waals surface area contributed by atoms with E-state index in [9.17, 15) is 22.3 Å². The highest BCUT2D eigenvalue weighted by atomic mass is 32.2. The van der Waals surface area contributed by atoms with Crippen LogP contribution in [0.25, 0.3) is 0 Å². The number of aliphatic hydroxyl groups is 1. The van der Waals surface area contributed by atoms with E-state index in [4.69, 9.17) is 0 Å². The van der Waals surface area contributed by atoms with Crippen LogP contribution in [-0.2, 0) is 9.84 Å². The molecule has 0 radical (unpaired) electrons. The standard InChI is InChI=1S/C14H19F2NO3S/c1-10-9-21(19,20)5-4-17(10)3-2-14(18)11-6-12(15)8-13(16)7-11/h6-8,10,14,18H,2-5,9H2,1H3. The van der Waals surface area contributed by atoms with Crippen LogP contribution in [0.3, 0.4) is 0 Å². The number of aliphatic hydroxyl groups excluding tert-OH is 1. The van der Waals surface area contributed by atoms with E-state index in [1.165, 1.54) is 0 Å². The summed E-state index contributed by atoms with van der Waals surface area (Å²) >= 11 is 0. The van der Waals surface area contributed by atoms with Gasteiger partial charge in [-0.1, -0.05) is 0 Å². The van der Waals surface area contributed by atoms with Gasteiger partial charge in [0.2, 0.25) is 0 Å². The highest BCUT2D eigenvalue weighted by Gasteiger charge is 2.28. The number of benzene rings is 1. The van der Waals surface area contributed by atoms with E-state index < -0.39 is 27.6 Å². The van der Waals surface area contributed by atoms with Crippen LogP contribution in [0.15, 0.2) is 18.2 Å². The van der Waals surface area contributed by atoms with Crippen molar-refractivity contribution < 1.29 is 22.3 Å². The molecule has 118 valence electrons. The summed E-state index contributed by atoms with van der Waals surface area (Å²) in [6, 6.07) is 2.86. The lowest BCUT2D eigenvalue weighted by molar-refractivity contribution is 0.131. The first-order valence-electron chi connectivity index (χ1n) is 6.85. The van der Waals surface area contributed by atoms with Gasteiger partial charge in [0.05, 0.1) is 17.6 Å². The Morgan fingerprint density at radius 2 is 1.95 bits per heavy atom. The van der Waals surface area contributed by atoms with Crippen LogP contribution in [0.2, 0.25) is 0 Å². The molecule has 2 rings (SSSR count). The Morgan fingerprint density at radius 3 is 2.52 bits per heavy atom. The van der Waals surface area contributed by atoms with E-state index in [0.29, 0.717) is 19.5 Å². The highest BCUT2D eigenvalue weighted by Crippen LogP contribution is 2.21. The summed E-state index contributed by atoms with van der Waals surface area (Å²) in [6.45, 7) is 2.73. The second-order valence-corrected chi connectivity index (χ2v) is 7.74. The fourth-order valence-corrected chi connectivity index (χ4v) is 4.21. The summed E-state index contributed by atoms with van der Waals surface area (Å²) in [5.74, 6) is -1.22. The summed E-state index contributed by atoms with van der Waals surface area (Å²) < 4.78 is 49.2. The third-order valence-electron chi connectivity index (χ3n) is 3.77. The lowest BCUT2D eigenvalue weighted by Crippen LogP contribution is -2.47. The maximum absolute atomic E-state index is 13.1. The Labute approximate surface area is 123 Å². The number of halogens is 2. The van der Waals surface area contributed by atoms with Crippen LogP contribution in [0.1, 0.15) is 25.0 Å². The van der Waals surface area contributed by atoms with E-state index in [1.54, 1.807) is 0 Å². The first-order valence-corrected chi connectivity index (χ1v) is 8.67. The van der Waals surface area contributed by atoms with Gasteiger partial charge in [-0.15, -0.1) is 0 Å². The Bertz CT molecular complexity index is 586. The molecule has 1 heterocycles. The molecule has 4 nitrogen and oxygen atoms in total. The van der Waals surface area contributed by atoms with Crippen molar-refractivity contribution in [3.8, 4) is 0 Å². The predicted octanol–water partition coefficient (Wildman–Crippen LogP) is 1.51. The second-order valence-electron chi connectivity index (χ2n) is 5.51. The SMILES string of the molecule is CC1CS(=O)(=O)CCN1CCC(O)c1cc(F)cc(F)c1. The zero-order valence-corrected chi connectivity index (χ0v) is 12.6. The average Bonchev–Trinajstić information content (AvgIpc) is 2.35. The normalized spacial score (nSPS) is 23.9. The van der Waals surface area contributed by atoms with E-state index in [0.717, 1.165) is 18.2 Å². The first kappa shape index (κ1) is 16.3. The quantitative estimate of drug-likeness (QED) is 0.914. The highest BCUT2D eigenvalue weighted by molar-refractivity contribution is 7.91. The van der Waals surface area contributed by atoms with Crippen molar-refractivity contribution in [3.63, 3.8) is 0 Å². The largest absolute Gasteiger partial charge is 0.388 e. The molecule has 1 fully saturated rings. The predicted molar refractivity (Wildman–Crippen MR) is 75.6 cm³/mol. The van der Waals surface area contributed by atoms with Gasteiger partial charge < -0.3 is 5.11 Å². The Balaban J connectivity index is 1.93. The molecule has 1 aromatic rings. The van der Waals surface area contributed by atoms with Crippen molar-refractivity contribution in [2.75, 3.05) is 24.6 Å². The smallest absolute Gasteiger partial charge is 0.153 e. The van der Waals surface area contributed by atoms with Gasteiger partial charge in [0.1, 0.15) is 11.6 Å². The van der Waals surface area contributed by atoms with Crippen LogP contribution in [0, 0.1) is 11.6 Å². The van der Waals surface area contributed by atoms with E-state index in [2.05, 4.69) is 0 Å². The summed E-state index contributed by atoms with van der Waals surface area (Å²) in [5.41, 5.74) is 0.199. The topological polar surface area (TPSA) is 57.6 Å². The second kappa shape index (κ2) is 6.37. The Kier molecular flexibility index (Phi) is 4.95. The maximum Gasteiger partial charge on any atom is 0.153 e. The molecule has 2 unspecified atom stereocenters. The number of nitrogens with zero attached hydrogens (tertiary/aromatic N) is 1. The van der Waals surface area contributed by atoms with Crippen molar-refractivity contribution in [2.45, 2.75) is 25.5 Å². The Morgan fingerprint density at radius 1 is 1.33 bits per heavy atom. The monoisotopic (exact) mass is 319 g/mol. The molecule has 7 heteroatoms. The molecule has 0 spiro atoms. The van der Waals surface area contributed by atoms with Crippen LogP contribution in [0.5, 0.6) is 0 Å². The van der Waals surface area contributed by atoms with Gasteiger partial charge in [-0.05, 0) is 31.0 Å². The summed E-state index contributed by atoms with van der Waals surface area (Å²) in [5, 5.41) is 10.0. The van der Waals surface area contributed by atoms with Crippen molar-refractivity contribution in [1.82, 2.24) is 4.90 Å². The van der Waals surface area contributed by atoms with Crippen molar-refractivity contribution in [1.29, 1.82) is 0 Å². The molecule has 1 saturated heterocycles. The number of hydrogen-bond donors (Lipinski definition) is 1. The van der Waals surface area contributed by atoms with Crippen LogP contribution in [-0.4, -0.2) is 49.1 Å². The maximum atomic E-state index is 13.1. The van der Waals surface area contributed by atoms with Gasteiger partial charge in [0.15, 0.2) is 9.84 Å². The fourth-order valence-electron chi connectivity index (χ4n) is 2.59. The summed E-state index contributed by atoms with van der Waals surface area (Å²) in [6.07, 6.45) is -0.672. The third-order valence-corrected chi connectivity index (χ3v) is 5.56. The molecule has 0 aromatic heterocycles. The molecular formula is C14H19F2NO3S. The lowest BCUT2D eigenvalue weighted by Gasteiger charge is -2.33. The molecule has 1 N–H and O–H groups in total. The number of hydrogen-bond acceptors (Lipinski definition) is 4. The number of sulfone groups is 1. The van der Waals surface area contributed by atoms with Gasteiger partial charge in [-0.2, -0.15) is 0 Å². The van der Waals surface area contributed by atoms with E-state index in [1.807, 2.05) is 11.8 Å². The van der Waals surface area contributed by atoms with E-state index in [-0.39, 0.29) is 23.1 Å². The lowest BCUT2D eigenvalue weighted by atomic mass is 10.1. The van der Waals surface area contributed by atoms with Gasteiger partial charge in [-0.25, -0.2) is 17.2 Å². The first-order chi connectivity index (χ1) is 9.77. The zero-order chi connectivity index (χ0) is 15.6. The van der Waals surface area contributed by atoms with Gasteiger partial charge in [-0.3, -0.25) is 4.90 Å². The minimum Gasteiger partial charge on any atom is -0.388 e. The van der Waals surface area contributed by atoms with Gasteiger partial charge in [0.25, 0.3) is 0 Å². The molecule has 0 aliphatic carbocycles. The number of rotatable bonds is 4. The molecule has 1 aliphatic rings. The zero-order valence-electron chi connectivity index (χ0n) is 11.8. The molecule has 1 aromatic carbocycles. The van der Waals surface area contributed by atoms with E-state index >= 15 is 0 Å². The van der Waals surface area contributed by atoms with Crippen molar-refractivity contribution in [3.05, 3.63) is 35.4 Å². The molecule has 1 aliphatic heterocycles. The Hall–Kier alpha value is -1.05. The minimum atomic E-state index is -2.97. The fraction of sp³-hybridized carbons (Fsp3) is 0.571. The van der Waals surface area contributed by atoms with Crippen LogP contribution >= 0.6 is 0 Å². The summed E-state index contributed by atoms with van der Waals surface area (Å²) in [7, 11) is -2.97. The summed E-state index contributed by atoms with van der Waals surface area (Å²) in [4.78, 5) is 1.97. The molecule has 0 saturated carbocycles. The minimum absolute atomic E-state index is 0.109. The molecular weight excluding hydrogens is 300 g/mol. The average molecular weight is 319 g/mol. The van der Waals surface area contributed by atoms with Crippen molar-refractivity contribution in [2.24, 2.45) is 0 Å². The molecule has 21 heavy (non-hydrogen) atoms. The third kappa shape index (κ3) is 4.46. The van der Waals surface area contributed by atoms with Crippen molar-refractivity contribution >= 4 is 9.84 Å². The van der Waals surface area contributed by atoms with Gasteiger partial charge in [0, 0.05) is 25.2 Å². The molecule has 0 amide bonds. The molecule has 2 atom stereocenters.